The SMILES string of the molecule is COc1cccc(C=NNC(=O)c2ccc(N)cc2)c1. The minimum absolute atomic E-state index is 0.288. The van der Waals surface area contributed by atoms with Crippen molar-refractivity contribution in [2.45, 2.75) is 0 Å². The molecule has 102 valence electrons. The van der Waals surface area contributed by atoms with E-state index in [2.05, 4.69) is 10.5 Å². The molecule has 0 saturated heterocycles. The summed E-state index contributed by atoms with van der Waals surface area (Å²) in [5, 5.41) is 3.90. The Bertz CT molecular complexity index is 621. The van der Waals surface area contributed by atoms with E-state index < -0.39 is 0 Å². The van der Waals surface area contributed by atoms with Gasteiger partial charge in [-0.25, -0.2) is 5.43 Å². The molecular weight excluding hydrogens is 254 g/mol. The fourth-order valence-corrected chi connectivity index (χ4v) is 1.59. The van der Waals surface area contributed by atoms with E-state index in [4.69, 9.17) is 10.5 Å². The lowest BCUT2D eigenvalue weighted by atomic mass is 10.2. The Morgan fingerprint density at radius 1 is 1.25 bits per heavy atom. The molecule has 0 radical (unpaired) electrons. The summed E-state index contributed by atoms with van der Waals surface area (Å²) < 4.78 is 5.10. The van der Waals surface area contributed by atoms with Gasteiger partial charge in [0.15, 0.2) is 0 Å². The topological polar surface area (TPSA) is 76.7 Å². The highest BCUT2D eigenvalue weighted by Crippen LogP contribution is 2.10. The van der Waals surface area contributed by atoms with E-state index in [0.717, 1.165) is 11.3 Å². The number of nitrogen functional groups attached to an aromatic ring is 1. The molecule has 2 aromatic carbocycles. The normalized spacial score (nSPS) is 10.4. The van der Waals surface area contributed by atoms with Crippen molar-refractivity contribution in [3.05, 3.63) is 59.7 Å². The van der Waals surface area contributed by atoms with E-state index >= 15 is 0 Å². The smallest absolute Gasteiger partial charge is 0.271 e. The summed E-state index contributed by atoms with van der Waals surface area (Å²) in [7, 11) is 1.60. The zero-order valence-corrected chi connectivity index (χ0v) is 11.0. The van der Waals surface area contributed by atoms with Crippen LogP contribution in [0.15, 0.2) is 53.6 Å². The van der Waals surface area contributed by atoms with Gasteiger partial charge in [0.25, 0.3) is 5.91 Å². The van der Waals surface area contributed by atoms with Crippen LogP contribution in [-0.4, -0.2) is 19.2 Å². The number of nitrogens with two attached hydrogens (primary N) is 1. The van der Waals surface area contributed by atoms with Crippen molar-refractivity contribution < 1.29 is 9.53 Å². The highest BCUT2D eigenvalue weighted by atomic mass is 16.5. The third kappa shape index (κ3) is 3.58. The number of carbonyl (C=O) groups excluding carboxylic acids is 1. The molecule has 20 heavy (non-hydrogen) atoms. The fraction of sp³-hybridized carbons (Fsp3) is 0.0667. The van der Waals surface area contributed by atoms with E-state index in [1.807, 2.05) is 24.3 Å². The first-order valence-corrected chi connectivity index (χ1v) is 6.02. The van der Waals surface area contributed by atoms with Crippen molar-refractivity contribution in [3.63, 3.8) is 0 Å². The Labute approximate surface area is 117 Å². The van der Waals surface area contributed by atoms with Crippen LogP contribution in [-0.2, 0) is 0 Å². The predicted octanol–water partition coefficient (Wildman–Crippen LogP) is 2.04. The summed E-state index contributed by atoms with van der Waals surface area (Å²) >= 11 is 0. The third-order valence-electron chi connectivity index (χ3n) is 2.65. The minimum Gasteiger partial charge on any atom is -0.497 e. The molecule has 0 aromatic heterocycles. The van der Waals surface area contributed by atoms with Crippen molar-refractivity contribution in [2.75, 3.05) is 12.8 Å². The summed E-state index contributed by atoms with van der Waals surface area (Å²) in [6, 6.07) is 14.0. The molecule has 0 fully saturated rings. The highest BCUT2D eigenvalue weighted by Gasteiger charge is 2.02. The van der Waals surface area contributed by atoms with Crippen LogP contribution in [0.3, 0.4) is 0 Å². The van der Waals surface area contributed by atoms with Gasteiger partial charge in [-0.05, 0) is 42.0 Å². The molecule has 0 aliphatic heterocycles. The lowest BCUT2D eigenvalue weighted by Crippen LogP contribution is -2.17. The van der Waals surface area contributed by atoms with Crippen molar-refractivity contribution in [3.8, 4) is 5.75 Å². The second kappa shape index (κ2) is 6.38. The number of nitrogens with one attached hydrogen (secondary N) is 1. The maximum Gasteiger partial charge on any atom is 0.271 e. The Balaban J connectivity index is 1.98. The average molecular weight is 269 g/mol. The number of nitrogens with zero attached hydrogens (tertiary/aromatic N) is 1. The third-order valence-corrected chi connectivity index (χ3v) is 2.65. The molecule has 0 aliphatic carbocycles. The molecule has 0 spiro atoms. The number of carbonyl (C=O) groups is 1. The van der Waals surface area contributed by atoms with Gasteiger partial charge in [-0.15, -0.1) is 0 Å². The zero-order valence-electron chi connectivity index (χ0n) is 11.0. The number of benzene rings is 2. The summed E-state index contributed by atoms with van der Waals surface area (Å²) in [5.74, 6) is 0.447. The molecule has 0 aliphatic rings. The largest absolute Gasteiger partial charge is 0.497 e. The predicted molar refractivity (Wildman–Crippen MR) is 78.9 cm³/mol. The van der Waals surface area contributed by atoms with Crippen LogP contribution in [0.5, 0.6) is 5.75 Å². The molecule has 0 bridgehead atoms. The van der Waals surface area contributed by atoms with Crippen LogP contribution < -0.4 is 15.9 Å². The van der Waals surface area contributed by atoms with Gasteiger partial charge in [-0.2, -0.15) is 5.10 Å². The van der Waals surface area contributed by atoms with Gasteiger partial charge < -0.3 is 10.5 Å². The van der Waals surface area contributed by atoms with Crippen molar-refractivity contribution >= 4 is 17.8 Å². The molecule has 0 atom stereocenters. The average Bonchev–Trinajstić information content (AvgIpc) is 2.48. The van der Waals surface area contributed by atoms with Gasteiger partial charge in [0.05, 0.1) is 13.3 Å². The summed E-state index contributed by atoms with van der Waals surface area (Å²) in [6.07, 6.45) is 1.55. The van der Waals surface area contributed by atoms with Gasteiger partial charge >= 0.3 is 0 Å². The van der Waals surface area contributed by atoms with E-state index in [0.29, 0.717) is 11.3 Å². The molecule has 0 unspecified atom stereocenters. The first-order chi connectivity index (χ1) is 9.69. The Hall–Kier alpha value is -2.82. The van der Waals surface area contributed by atoms with Crippen LogP contribution >= 0.6 is 0 Å². The molecule has 1 amide bonds. The quantitative estimate of drug-likeness (QED) is 0.506. The summed E-state index contributed by atoms with van der Waals surface area (Å²) in [5.41, 5.74) is 9.96. The van der Waals surface area contributed by atoms with Gasteiger partial charge in [-0.1, -0.05) is 12.1 Å². The van der Waals surface area contributed by atoms with E-state index in [-0.39, 0.29) is 5.91 Å². The monoisotopic (exact) mass is 269 g/mol. The van der Waals surface area contributed by atoms with Gasteiger partial charge in [0.2, 0.25) is 0 Å². The molecule has 0 saturated carbocycles. The second-order valence-electron chi connectivity index (χ2n) is 4.10. The number of hydrogen-bond acceptors (Lipinski definition) is 4. The summed E-state index contributed by atoms with van der Waals surface area (Å²) in [6.45, 7) is 0. The Morgan fingerprint density at radius 3 is 2.70 bits per heavy atom. The Kier molecular flexibility index (Phi) is 4.34. The fourth-order valence-electron chi connectivity index (χ4n) is 1.59. The zero-order chi connectivity index (χ0) is 14.4. The maximum absolute atomic E-state index is 11.8. The lowest BCUT2D eigenvalue weighted by molar-refractivity contribution is 0.0955. The molecule has 5 nitrogen and oxygen atoms in total. The highest BCUT2D eigenvalue weighted by molar-refractivity contribution is 5.95. The van der Waals surface area contributed by atoms with E-state index in [1.165, 1.54) is 0 Å². The first-order valence-electron chi connectivity index (χ1n) is 6.02. The number of anilines is 1. The molecular formula is C15H15N3O2. The first kappa shape index (κ1) is 13.6. The van der Waals surface area contributed by atoms with Crippen molar-refractivity contribution in [2.24, 2.45) is 5.10 Å². The molecule has 0 heterocycles. The van der Waals surface area contributed by atoms with Gasteiger partial charge in [0, 0.05) is 11.3 Å². The van der Waals surface area contributed by atoms with Crippen LogP contribution in [0.1, 0.15) is 15.9 Å². The number of ether oxygens (including phenoxy) is 1. The van der Waals surface area contributed by atoms with Crippen LogP contribution in [0.2, 0.25) is 0 Å². The number of amides is 1. The van der Waals surface area contributed by atoms with Crippen LogP contribution in [0.4, 0.5) is 5.69 Å². The molecule has 5 heteroatoms. The van der Waals surface area contributed by atoms with E-state index in [9.17, 15) is 4.79 Å². The molecule has 3 N–H and O–H groups in total. The lowest BCUT2D eigenvalue weighted by Gasteiger charge is -2.01. The Morgan fingerprint density at radius 2 is 2.00 bits per heavy atom. The van der Waals surface area contributed by atoms with Crippen molar-refractivity contribution in [1.82, 2.24) is 5.43 Å². The van der Waals surface area contributed by atoms with E-state index in [1.54, 1.807) is 37.6 Å². The number of hydrazone groups is 1. The number of methoxy groups -OCH3 is 1. The van der Waals surface area contributed by atoms with Crippen molar-refractivity contribution in [1.29, 1.82) is 0 Å². The van der Waals surface area contributed by atoms with Crippen LogP contribution in [0.25, 0.3) is 0 Å². The van der Waals surface area contributed by atoms with Gasteiger partial charge in [0.1, 0.15) is 5.75 Å². The standard InChI is InChI=1S/C15H15N3O2/c1-20-14-4-2-3-11(9-14)10-17-18-15(19)12-5-7-13(16)8-6-12/h2-10H,16H2,1H3,(H,18,19). The maximum atomic E-state index is 11.8. The number of hydrogen-bond donors (Lipinski definition) is 2. The number of rotatable bonds is 4. The summed E-state index contributed by atoms with van der Waals surface area (Å²) in [4.78, 5) is 11.8. The van der Waals surface area contributed by atoms with Crippen LogP contribution in [0, 0.1) is 0 Å². The minimum atomic E-state index is -0.288. The molecule has 2 rings (SSSR count). The van der Waals surface area contributed by atoms with Gasteiger partial charge in [-0.3, -0.25) is 4.79 Å². The second-order valence-corrected chi connectivity index (χ2v) is 4.10. The molecule has 2 aromatic rings.